The summed E-state index contributed by atoms with van der Waals surface area (Å²) in [5.74, 6) is -0.242. The summed E-state index contributed by atoms with van der Waals surface area (Å²) in [5, 5.41) is 3.87. The molecule has 1 aliphatic rings. The number of carbonyl (C=O) groups excluding carboxylic acids is 1. The predicted octanol–water partition coefficient (Wildman–Crippen LogP) is 3.94. The van der Waals surface area contributed by atoms with Gasteiger partial charge in [0.25, 0.3) is 11.5 Å². The molecule has 35 heavy (non-hydrogen) atoms. The molecule has 3 aromatic carbocycles. The molecule has 0 bridgehead atoms. The smallest absolute Gasteiger partial charge is 0.267 e. The Hall–Kier alpha value is -3.75. The van der Waals surface area contributed by atoms with E-state index in [1.165, 1.54) is 16.7 Å². The number of hydrogen-bond acceptors (Lipinski definition) is 5. The standard InChI is InChI=1S/C26H22ClFN4O3/c27-19-4-1-17(2-5-19)16-29-24(33)18-3-10-22-23(15-18)30-26(31-11-13-35-14-12-31)32(25(22)34)21-8-6-20(28)7-9-21/h1-10,15H,11-14,16H2,(H,29,33). The summed E-state index contributed by atoms with van der Waals surface area (Å²) in [4.78, 5) is 33.1. The third-order valence-corrected chi connectivity index (χ3v) is 6.11. The Morgan fingerprint density at radius 3 is 2.46 bits per heavy atom. The molecule has 0 atom stereocenters. The Bertz CT molecular complexity index is 1430. The first-order valence-electron chi connectivity index (χ1n) is 11.2. The van der Waals surface area contributed by atoms with Gasteiger partial charge in [0.2, 0.25) is 5.95 Å². The van der Waals surface area contributed by atoms with E-state index in [9.17, 15) is 14.0 Å². The van der Waals surface area contributed by atoms with E-state index < -0.39 is 5.82 Å². The molecular weight excluding hydrogens is 471 g/mol. The van der Waals surface area contributed by atoms with Gasteiger partial charge in [0.05, 0.1) is 29.8 Å². The SMILES string of the molecule is O=C(NCc1ccc(Cl)cc1)c1ccc2c(=O)n(-c3ccc(F)cc3)c(N3CCOCC3)nc2c1. The van der Waals surface area contributed by atoms with Crippen molar-refractivity contribution in [2.24, 2.45) is 0 Å². The Morgan fingerprint density at radius 1 is 1.03 bits per heavy atom. The lowest BCUT2D eigenvalue weighted by Gasteiger charge is -2.30. The van der Waals surface area contributed by atoms with Gasteiger partial charge in [-0.25, -0.2) is 13.9 Å². The minimum Gasteiger partial charge on any atom is -0.378 e. The molecule has 1 aliphatic heterocycles. The van der Waals surface area contributed by atoms with E-state index in [4.69, 9.17) is 21.3 Å². The molecule has 1 aromatic heterocycles. The molecule has 5 rings (SSSR count). The number of ether oxygens (including phenoxy) is 1. The summed E-state index contributed by atoms with van der Waals surface area (Å²) in [6, 6.07) is 17.8. The lowest BCUT2D eigenvalue weighted by Crippen LogP contribution is -2.40. The van der Waals surface area contributed by atoms with E-state index in [-0.39, 0.29) is 11.5 Å². The highest BCUT2D eigenvalue weighted by atomic mass is 35.5. The second-order valence-corrected chi connectivity index (χ2v) is 8.61. The fraction of sp³-hybridized carbons (Fsp3) is 0.192. The van der Waals surface area contributed by atoms with Gasteiger partial charge in [-0.05, 0) is 60.2 Å². The summed E-state index contributed by atoms with van der Waals surface area (Å²) in [5.41, 5.74) is 1.94. The molecule has 0 unspecified atom stereocenters. The van der Waals surface area contributed by atoms with Crippen molar-refractivity contribution in [1.29, 1.82) is 0 Å². The number of aromatic nitrogens is 2. The number of hydrogen-bond donors (Lipinski definition) is 1. The highest BCUT2D eigenvalue weighted by molar-refractivity contribution is 6.30. The summed E-state index contributed by atoms with van der Waals surface area (Å²) < 4.78 is 20.5. The van der Waals surface area contributed by atoms with Crippen LogP contribution in [0.25, 0.3) is 16.6 Å². The van der Waals surface area contributed by atoms with Crippen LogP contribution in [-0.2, 0) is 11.3 Å². The quantitative estimate of drug-likeness (QED) is 0.456. The van der Waals surface area contributed by atoms with Crippen LogP contribution in [0.2, 0.25) is 5.02 Å². The van der Waals surface area contributed by atoms with Gasteiger partial charge in [-0.15, -0.1) is 0 Å². The molecule has 1 fully saturated rings. The third kappa shape index (κ3) is 4.89. The number of nitrogens with one attached hydrogen (secondary N) is 1. The normalized spacial score (nSPS) is 13.7. The summed E-state index contributed by atoms with van der Waals surface area (Å²) in [7, 11) is 0. The molecule has 9 heteroatoms. The molecule has 178 valence electrons. The van der Waals surface area contributed by atoms with E-state index in [0.29, 0.717) is 66.0 Å². The first kappa shape index (κ1) is 23.0. The second-order valence-electron chi connectivity index (χ2n) is 8.17. The molecule has 1 amide bonds. The number of nitrogens with zero attached hydrogens (tertiary/aromatic N) is 3. The van der Waals surface area contributed by atoms with Crippen molar-refractivity contribution in [2.45, 2.75) is 6.54 Å². The highest BCUT2D eigenvalue weighted by Gasteiger charge is 2.21. The van der Waals surface area contributed by atoms with Crippen LogP contribution in [-0.4, -0.2) is 41.8 Å². The number of rotatable bonds is 5. The first-order chi connectivity index (χ1) is 17.0. The highest BCUT2D eigenvalue weighted by Crippen LogP contribution is 2.22. The van der Waals surface area contributed by atoms with Crippen molar-refractivity contribution in [3.8, 4) is 5.69 Å². The average Bonchev–Trinajstić information content (AvgIpc) is 2.89. The lowest BCUT2D eigenvalue weighted by molar-refractivity contribution is 0.0951. The maximum atomic E-state index is 13.6. The Balaban J connectivity index is 1.52. The van der Waals surface area contributed by atoms with Crippen LogP contribution in [0.1, 0.15) is 15.9 Å². The zero-order chi connectivity index (χ0) is 24.4. The molecule has 0 saturated carbocycles. The van der Waals surface area contributed by atoms with Gasteiger partial charge >= 0.3 is 0 Å². The van der Waals surface area contributed by atoms with Gasteiger partial charge in [-0.1, -0.05) is 23.7 Å². The van der Waals surface area contributed by atoms with Gasteiger partial charge in [-0.2, -0.15) is 0 Å². The maximum absolute atomic E-state index is 13.6. The minimum atomic E-state index is -0.391. The van der Waals surface area contributed by atoms with Crippen LogP contribution in [0.5, 0.6) is 0 Å². The molecule has 0 radical (unpaired) electrons. The van der Waals surface area contributed by atoms with Crippen molar-refractivity contribution < 1.29 is 13.9 Å². The van der Waals surface area contributed by atoms with Crippen LogP contribution < -0.4 is 15.8 Å². The number of carbonyl (C=O) groups is 1. The van der Waals surface area contributed by atoms with Crippen molar-refractivity contribution in [3.63, 3.8) is 0 Å². The summed E-state index contributed by atoms with van der Waals surface area (Å²) >= 11 is 5.92. The van der Waals surface area contributed by atoms with E-state index in [0.717, 1.165) is 5.56 Å². The molecule has 1 N–H and O–H groups in total. The van der Waals surface area contributed by atoms with Gasteiger partial charge < -0.3 is 15.0 Å². The maximum Gasteiger partial charge on any atom is 0.267 e. The van der Waals surface area contributed by atoms with E-state index in [1.54, 1.807) is 42.5 Å². The number of morpholine rings is 1. The van der Waals surface area contributed by atoms with Crippen molar-refractivity contribution in [3.05, 3.63) is 99.1 Å². The van der Waals surface area contributed by atoms with Crippen LogP contribution in [0.4, 0.5) is 10.3 Å². The average molecular weight is 493 g/mol. The number of benzene rings is 3. The Kier molecular flexibility index (Phi) is 6.48. The fourth-order valence-corrected chi connectivity index (χ4v) is 4.13. The number of anilines is 1. The number of halogens is 2. The van der Waals surface area contributed by atoms with E-state index in [1.807, 2.05) is 17.0 Å². The van der Waals surface area contributed by atoms with Gasteiger partial charge in [-0.3, -0.25) is 9.59 Å². The van der Waals surface area contributed by atoms with Crippen molar-refractivity contribution >= 4 is 34.4 Å². The Morgan fingerprint density at radius 2 is 1.74 bits per heavy atom. The van der Waals surface area contributed by atoms with Crippen molar-refractivity contribution in [1.82, 2.24) is 14.9 Å². The molecule has 4 aromatic rings. The van der Waals surface area contributed by atoms with E-state index in [2.05, 4.69) is 5.32 Å². The van der Waals surface area contributed by atoms with Crippen LogP contribution in [0, 0.1) is 5.82 Å². The zero-order valence-electron chi connectivity index (χ0n) is 18.7. The minimum absolute atomic E-state index is 0.278. The molecule has 7 nitrogen and oxygen atoms in total. The lowest BCUT2D eigenvalue weighted by atomic mass is 10.1. The molecule has 0 aliphatic carbocycles. The first-order valence-corrected chi connectivity index (χ1v) is 11.6. The Labute approximate surface area is 205 Å². The summed E-state index contributed by atoms with van der Waals surface area (Å²) in [6.07, 6.45) is 0. The van der Waals surface area contributed by atoms with Crippen LogP contribution in [0.15, 0.2) is 71.5 Å². The van der Waals surface area contributed by atoms with Gasteiger partial charge in [0.1, 0.15) is 5.82 Å². The topological polar surface area (TPSA) is 76.5 Å². The van der Waals surface area contributed by atoms with Crippen LogP contribution >= 0.6 is 11.6 Å². The molecular formula is C26H22ClFN4O3. The molecule has 0 spiro atoms. The predicted molar refractivity (Wildman–Crippen MR) is 133 cm³/mol. The third-order valence-electron chi connectivity index (χ3n) is 5.86. The summed E-state index contributed by atoms with van der Waals surface area (Å²) in [6.45, 7) is 2.46. The number of amides is 1. The molecule has 2 heterocycles. The second kappa shape index (κ2) is 9.85. The molecule has 1 saturated heterocycles. The monoisotopic (exact) mass is 492 g/mol. The zero-order valence-corrected chi connectivity index (χ0v) is 19.5. The number of fused-ring (bicyclic) bond motifs is 1. The fourth-order valence-electron chi connectivity index (χ4n) is 4.00. The largest absolute Gasteiger partial charge is 0.378 e. The van der Waals surface area contributed by atoms with Gasteiger partial charge in [0, 0.05) is 30.2 Å². The van der Waals surface area contributed by atoms with Crippen molar-refractivity contribution in [2.75, 3.05) is 31.2 Å². The van der Waals surface area contributed by atoms with E-state index >= 15 is 0 Å². The van der Waals surface area contributed by atoms with Crippen LogP contribution in [0.3, 0.4) is 0 Å². The van der Waals surface area contributed by atoms with Gasteiger partial charge in [0.15, 0.2) is 0 Å².